The number of hydrogen-bond acceptors (Lipinski definition) is 4. The van der Waals surface area contributed by atoms with Crippen molar-refractivity contribution in [1.29, 1.82) is 0 Å². The summed E-state index contributed by atoms with van der Waals surface area (Å²) < 4.78 is 5.86. The Morgan fingerprint density at radius 1 is 1.03 bits per heavy atom. The molecule has 1 aliphatic heterocycles. The zero-order valence-corrected chi connectivity index (χ0v) is 17.3. The van der Waals surface area contributed by atoms with E-state index in [1.54, 1.807) is 12.1 Å². The lowest BCUT2D eigenvalue weighted by Gasteiger charge is -2.16. The molecule has 0 atom stereocenters. The smallest absolute Gasteiger partial charge is 0.200 e. The van der Waals surface area contributed by atoms with Crippen LogP contribution in [0.2, 0.25) is 10.0 Å². The Balaban J connectivity index is 1.73. The predicted octanol–water partition coefficient (Wildman–Crippen LogP) is 6.56. The molecule has 5 rings (SSSR count). The van der Waals surface area contributed by atoms with Crippen molar-refractivity contribution in [3.05, 3.63) is 74.4 Å². The molecule has 0 bridgehead atoms. The van der Waals surface area contributed by atoms with Gasteiger partial charge in [0.05, 0.1) is 10.0 Å². The van der Waals surface area contributed by atoms with Crippen molar-refractivity contribution in [2.45, 2.75) is 19.3 Å². The molecule has 150 valence electrons. The highest BCUT2D eigenvalue weighted by atomic mass is 35.5. The summed E-state index contributed by atoms with van der Waals surface area (Å²) in [6.45, 7) is 0. The minimum Gasteiger partial charge on any atom is -0.506 e. The maximum atomic E-state index is 12.4. The van der Waals surface area contributed by atoms with E-state index in [1.807, 2.05) is 24.3 Å². The third-order valence-electron chi connectivity index (χ3n) is 5.51. The molecule has 2 aromatic carbocycles. The number of benzene rings is 3. The van der Waals surface area contributed by atoms with Gasteiger partial charge in [-0.1, -0.05) is 47.5 Å². The van der Waals surface area contributed by atoms with Gasteiger partial charge in [-0.05, 0) is 36.5 Å². The lowest BCUT2D eigenvalue weighted by molar-refractivity contribution is 0.0976. The van der Waals surface area contributed by atoms with Crippen molar-refractivity contribution in [2.75, 3.05) is 0 Å². The molecule has 0 aromatic heterocycles. The van der Waals surface area contributed by atoms with E-state index >= 15 is 0 Å². The molecule has 0 spiro atoms. The van der Waals surface area contributed by atoms with Crippen LogP contribution in [0, 0.1) is 5.92 Å². The first-order valence-electron chi connectivity index (χ1n) is 9.63. The van der Waals surface area contributed by atoms with Crippen molar-refractivity contribution >= 4 is 40.0 Å². The van der Waals surface area contributed by atoms with Gasteiger partial charge >= 0.3 is 0 Å². The van der Waals surface area contributed by atoms with Crippen LogP contribution < -0.4 is 5.43 Å². The van der Waals surface area contributed by atoms with Crippen LogP contribution in [0.25, 0.3) is 33.4 Å². The van der Waals surface area contributed by atoms with Gasteiger partial charge in [-0.15, -0.1) is 0 Å². The summed E-state index contributed by atoms with van der Waals surface area (Å²) in [6.07, 6.45) is 2.85. The van der Waals surface area contributed by atoms with Gasteiger partial charge in [0.15, 0.2) is 5.78 Å². The first-order chi connectivity index (χ1) is 14.4. The lowest BCUT2D eigenvalue weighted by Crippen LogP contribution is -2.03. The first-order valence-corrected chi connectivity index (χ1v) is 10.4. The third-order valence-corrected chi connectivity index (χ3v) is 6.11. The van der Waals surface area contributed by atoms with Crippen LogP contribution in [-0.2, 0) is 0 Å². The van der Waals surface area contributed by atoms with Crippen LogP contribution in [0.15, 0.2) is 57.7 Å². The van der Waals surface area contributed by atoms with E-state index in [4.69, 9.17) is 27.6 Å². The van der Waals surface area contributed by atoms with E-state index in [9.17, 15) is 14.7 Å². The molecular weight excluding hydrogens is 423 g/mol. The Kier molecular flexibility index (Phi) is 4.57. The minimum atomic E-state index is -0.350. The Labute approximate surface area is 182 Å². The zero-order valence-electron chi connectivity index (χ0n) is 15.7. The third kappa shape index (κ3) is 3.36. The van der Waals surface area contributed by atoms with Crippen molar-refractivity contribution in [3.8, 4) is 28.2 Å². The molecule has 1 heterocycles. The molecule has 0 amide bonds. The number of rotatable bonds is 4. The van der Waals surface area contributed by atoms with Crippen LogP contribution in [0.3, 0.4) is 0 Å². The van der Waals surface area contributed by atoms with E-state index in [1.165, 1.54) is 12.1 Å². The fourth-order valence-corrected chi connectivity index (χ4v) is 4.06. The Bertz CT molecular complexity index is 1330. The summed E-state index contributed by atoms with van der Waals surface area (Å²) >= 11 is 12.3. The standard InChI is InChI=1S/C24H16Cl2O4/c25-17-8-15-22(10-20(17)28)30-23-11-21(29)18(26)9-16(23)24(15)14-5-3-13(4-6-14)19(27)7-12-1-2-12/h3-6,8-12,28H,1-2,7H2. The average Bonchev–Trinajstić information content (AvgIpc) is 3.53. The molecule has 0 radical (unpaired) electrons. The van der Waals surface area contributed by atoms with Crippen LogP contribution in [0.1, 0.15) is 29.6 Å². The van der Waals surface area contributed by atoms with Gasteiger partial charge in [-0.25, -0.2) is 0 Å². The molecule has 1 fully saturated rings. The fourth-order valence-electron chi connectivity index (χ4n) is 3.74. The molecule has 1 saturated carbocycles. The van der Waals surface area contributed by atoms with Crippen molar-refractivity contribution < 1.29 is 14.3 Å². The van der Waals surface area contributed by atoms with Gasteiger partial charge in [0.2, 0.25) is 5.43 Å². The predicted molar refractivity (Wildman–Crippen MR) is 118 cm³/mol. The summed E-state index contributed by atoms with van der Waals surface area (Å²) in [4.78, 5) is 24.5. The highest BCUT2D eigenvalue weighted by Gasteiger charge is 2.25. The second-order valence-electron chi connectivity index (χ2n) is 7.70. The number of phenolic OH excluding ortho intramolecular Hbond substituents is 1. The average molecular weight is 439 g/mol. The summed E-state index contributed by atoms with van der Waals surface area (Å²) in [5.41, 5.74) is 2.94. The van der Waals surface area contributed by atoms with Gasteiger partial charge in [0.1, 0.15) is 17.1 Å². The Morgan fingerprint density at radius 3 is 2.47 bits per heavy atom. The van der Waals surface area contributed by atoms with E-state index in [2.05, 4.69) is 0 Å². The molecule has 2 aliphatic carbocycles. The summed E-state index contributed by atoms with van der Waals surface area (Å²) in [5.74, 6) is 0.908. The van der Waals surface area contributed by atoms with Crippen molar-refractivity contribution in [2.24, 2.45) is 5.92 Å². The number of Topliss-reactive ketones (excluding diaryl/α,β-unsaturated/α-hetero) is 1. The largest absolute Gasteiger partial charge is 0.506 e. The van der Waals surface area contributed by atoms with E-state index < -0.39 is 0 Å². The maximum absolute atomic E-state index is 12.4. The molecule has 30 heavy (non-hydrogen) atoms. The molecule has 4 nitrogen and oxygen atoms in total. The van der Waals surface area contributed by atoms with Gasteiger partial charge in [0, 0.05) is 40.6 Å². The molecule has 0 unspecified atom stereocenters. The monoisotopic (exact) mass is 438 g/mol. The second-order valence-corrected chi connectivity index (χ2v) is 8.52. The van der Waals surface area contributed by atoms with Crippen molar-refractivity contribution in [3.63, 3.8) is 0 Å². The van der Waals surface area contributed by atoms with Crippen molar-refractivity contribution in [1.82, 2.24) is 0 Å². The van der Waals surface area contributed by atoms with Crippen LogP contribution in [0.4, 0.5) is 0 Å². The summed E-state index contributed by atoms with van der Waals surface area (Å²) in [7, 11) is 0. The molecule has 6 heteroatoms. The van der Waals surface area contributed by atoms with Crippen LogP contribution in [0.5, 0.6) is 5.75 Å². The summed E-state index contributed by atoms with van der Waals surface area (Å²) in [5, 5.41) is 10.9. The number of carbonyl (C=O) groups is 1. The fraction of sp³-hybridized carbons (Fsp3) is 0.167. The number of halogens is 2. The molecule has 3 aliphatic rings. The van der Waals surface area contributed by atoms with Gasteiger partial charge < -0.3 is 9.52 Å². The Hall–Kier alpha value is -2.82. The quantitative estimate of drug-likeness (QED) is 0.289. The summed E-state index contributed by atoms with van der Waals surface area (Å²) in [6, 6.07) is 13.3. The Morgan fingerprint density at radius 2 is 1.77 bits per heavy atom. The normalized spacial score (nSPS) is 13.8. The molecule has 2 aromatic rings. The van der Waals surface area contributed by atoms with Gasteiger partial charge in [-0.2, -0.15) is 0 Å². The number of aromatic hydroxyl groups is 1. The second kappa shape index (κ2) is 7.15. The number of ketones is 1. The van der Waals surface area contributed by atoms with Crippen LogP contribution >= 0.6 is 23.2 Å². The van der Waals surface area contributed by atoms with Gasteiger partial charge in [0.25, 0.3) is 0 Å². The zero-order chi connectivity index (χ0) is 21.0. The number of fused-ring (bicyclic) bond motifs is 2. The van der Waals surface area contributed by atoms with Gasteiger partial charge in [-0.3, -0.25) is 9.59 Å². The lowest BCUT2D eigenvalue weighted by atomic mass is 9.92. The maximum Gasteiger partial charge on any atom is 0.200 e. The van der Waals surface area contributed by atoms with E-state index in [-0.39, 0.29) is 27.0 Å². The topological polar surface area (TPSA) is 67.5 Å². The van der Waals surface area contributed by atoms with E-state index in [0.717, 1.165) is 24.0 Å². The molecule has 1 N–H and O–H groups in total. The number of hydrogen-bond donors (Lipinski definition) is 1. The number of carbonyl (C=O) groups excluding carboxylic acids is 1. The number of phenols is 1. The molecule has 0 saturated heterocycles. The first kappa shape index (κ1) is 19.2. The van der Waals surface area contributed by atoms with E-state index in [0.29, 0.717) is 40.2 Å². The molecular formula is C24H16Cl2O4. The highest BCUT2D eigenvalue weighted by Crippen LogP contribution is 2.43. The van der Waals surface area contributed by atoms with Crippen LogP contribution in [-0.4, -0.2) is 10.9 Å². The SMILES string of the molecule is O=C(CC1CC1)c1ccc(-c2c3cc(Cl)c(=O)cc-3oc3cc(O)c(Cl)cc23)cc1. The minimum absolute atomic E-state index is 0.0828. The highest BCUT2D eigenvalue weighted by molar-refractivity contribution is 6.33.